The van der Waals surface area contributed by atoms with Gasteiger partial charge in [0.15, 0.2) is 0 Å². The third-order valence-electron chi connectivity index (χ3n) is 5.06. The summed E-state index contributed by atoms with van der Waals surface area (Å²) in [5, 5.41) is 5.96. The molecule has 2 aromatic rings. The van der Waals surface area contributed by atoms with Crippen molar-refractivity contribution in [1.82, 2.24) is 10.6 Å². The zero-order chi connectivity index (χ0) is 19.9. The van der Waals surface area contributed by atoms with Crippen LogP contribution in [-0.2, 0) is 9.59 Å². The number of ether oxygens (including phenoxy) is 1. The molecule has 28 heavy (non-hydrogen) atoms. The minimum absolute atomic E-state index is 0.0615. The maximum atomic E-state index is 12.5. The van der Waals surface area contributed by atoms with E-state index in [2.05, 4.69) is 17.6 Å². The fraction of sp³-hybridized carbons (Fsp3) is 0.391. The number of carbonyl (C=O) groups excluding carboxylic acids is 2. The van der Waals surface area contributed by atoms with Gasteiger partial charge in [-0.1, -0.05) is 49.4 Å². The molecule has 2 N–H and O–H groups in total. The fourth-order valence-electron chi connectivity index (χ4n) is 3.28. The topological polar surface area (TPSA) is 67.4 Å². The van der Waals surface area contributed by atoms with Gasteiger partial charge in [0.05, 0.1) is 12.6 Å². The second-order valence-corrected chi connectivity index (χ2v) is 7.27. The lowest BCUT2D eigenvalue weighted by atomic mass is 9.98. The molecular weight excluding hydrogens is 352 g/mol. The highest BCUT2D eigenvalue weighted by molar-refractivity contribution is 5.82. The highest BCUT2D eigenvalue weighted by Gasteiger charge is 2.38. The summed E-state index contributed by atoms with van der Waals surface area (Å²) in [4.78, 5) is 24.4. The van der Waals surface area contributed by atoms with E-state index in [9.17, 15) is 9.59 Å². The predicted octanol–water partition coefficient (Wildman–Crippen LogP) is 3.45. The van der Waals surface area contributed by atoms with Gasteiger partial charge in [-0.05, 0) is 42.5 Å². The van der Waals surface area contributed by atoms with Gasteiger partial charge in [0.25, 0.3) is 0 Å². The minimum Gasteiger partial charge on any atom is -0.494 e. The van der Waals surface area contributed by atoms with Crippen LogP contribution in [0.4, 0.5) is 0 Å². The Morgan fingerprint density at radius 3 is 2.32 bits per heavy atom. The van der Waals surface area contributed by atoms with Crippen LogP contribution in [0.3, 0.4) is 0 Å². The van der Waals surface area contributed by atoms with E-state index in [1.165, 1.54) is 0 Å². The molecule has 0 spiro atoms. The SMILES string of the molecule is CCOc1ccc(C(NC(=O)CCNC(=O)C2CC2C)c2ccccc2)cc1. The molecular formula is C23H28N2O3. The summed E-state index contributed by atoms with van der Waals surface area (Å²) in [6, 6.07) is 17.4. The quantitative estimate of drug-likeness (QED) is 0.700. The Morgan fingerprint density at radius 1 is 1.07 bits per heavy atom. The molecule has 0 aromatic heterocycles. The van der Waals surface area contributed by atoms with Crippen molar-refractivity contribution in [3.05, 3.63) is 65.7 Å². The highest BCUT2D eigenvalue weighted by atomic mass is 16.5. The molecule has 3 rings (SSSR count). The maximum Gasteiger partial charge on any atom is 0.223 e. The van der Waals surface area contributed by atoms with Crippen molar-refractivity contribution in [3.63, 3.8) is 0 Å². The molecule has 5 heteroatoms. The van der Waals surface area contributed by atoms with E-state index in [1.54, 1.807) is 0 Å². The molecule has 1 aliphatic carbocycles. The molecule has 2 aromatic carbocycles. The summed E-state index contributed by atoms with van der Waals surface area (Å²) >= 11 is 0. The van der Waals surface area contributed by atoms with Gasteiger partial charge >= 0.3 is 0 Å². The molecule has 3 unspecified atom stereocenters. The number of hydrogen-bond donors (Lipinski definition) is 2. The Balaban J connectivity index is 1.62. The third kappa shape index (κ3) is 5.35. The van der Waals surface area contributed by atoms with Crippen LogP contribution in [0.1, 0.15) is 43.9 Å². The van der Waals surface area contributed by atoms with Gasteiger partial charge in [-0.2, -0.15) is 0 Å². The van der Waals surface area contributed by atoms with Gasteiger partial charge in [-0.3, -0.25) is 9.59 Å². The summed E-state index contributed by atoms with van der Waals surface area (Å²) < 4.78 is 5.51. The van der Waals surface area contributed by atoms with Crippen molar-refractivity contribution in [2.75, 3.05) is 13.2 Å². The first kappa shape index (κ1) is 19.9. The molecule has 0 saturated heterocycles. The zero-order valence-corrected chi connectivity index (χ0v) is 16.5. The van der Waals surface area contributed by atoms with Gasteiger partial charge in [-0.15, -0.1) is 0 Å². The van der Waals surface area contributed by atoms with Crippen molar-refractivity contribution in [2.45, 2.75) is 32.7 Å². The van der Waals surface area contributed by atoms with Crippen LogP contribution >= 0.6 is 0 Å². The van der Waals surface area contributed by atoms with Crippen molar-refractivity contribution in [3.8, 4) is 5.75 Å². The lowest BCUT2D eigenvalue weighted by molar-refractivity contribution is -0.123. The van der Waals surface area contributed by atoms with Crippen LogP contribution in [-0.4, -0.2) is 25.0 Å². The Morgan fingerprint density at radius 2 is 1.71 bits per heavy atom. The van der Waals surface area contributed by atoms with Gasteiger partial charge in [0, 0.05) is 18.9 Å². The second-order valence-electron chi connectivity index (χ2n) is 7.27. The van der Waals surface area contributed by atoms with Gasteiger partial charge in [0.2, 0.25) is 11.8 Å². The molecule has 1 aliphatic rings. The van der Waals surface area contributed by atoms with Gasteiger partial charge in [0.1, 0.15) is 5.75 Å². The number of benzene rings is 2. The summed E-state index contributed by atoms with van der Waals surface area (Å²) in [6.07, 6.45) is 1.21. The van der Waals surface area contributed by atoms with Gasteiger partial charge in [-0.25, -0.2) is 0 Å². The van der Waals surface area contributed by atoms with Crippen LogP contribution in [0.5, 0.6) is 5.75 Å². The van der Waals surface area contributed by atoms with E-state index >= 15 is 0 Å². The molecule has 0 aliphatic heterocycles. The minimum atomic E-state index is -0.247. The molecule has 3 atom stereocenters. The van der Waals surface area contributed by atoms with E-state index in [-0.39, 0.29) is 30.2 Å². The standard InChI is InChI=1S/C23H28N2O3/c1-3-28-19-11-9-18(10-12-19)22(17-7-5-4-6-8-17)25-21(26)13-14-24-23(27)20-15-16(20)2/h4-12,16,20,22H,3,13-15H2,1-2H3,(H,24,27)(H,25,26). The fourth-order valence-corrected chi connectivity index (χ4v) is 3.28. The monoisotopic (exact) mass is 380 g/mol. The van der Waals surface area contributed by atoms with E-state index in [0.717, 1.165) is 23.3 Å². The van der Waals surface area contributed by atoms with Crippen LogP contribution in [0.2, 0.25) is 0 Å². The lowest BCUT2D eigenvalue weighted by Gasteiger charge is -2.20. The normalized spacial score (nSPS) is 18.8. The molecule has 0 radical (unpaired) electrons. The Kier molecular flexibility index (Phi) is 6.69. The third-order valence-corrected chi connectivity index (χ3v) is 5.06. The second kappa shape index (κ2) is 9.40. The first-order valence-corrected chi connectivity index (χ1v) is 9.93. The lowest BCUT2D eigenvalue weighted by Crippen LogP contribution is -2.34. The average molecular weight is 380 g/mol. The van der Waals surface area contributed by atoms with Crippen molar-refractivity contribution in [1.29, 1.82) is 0 Å². The summed E-state index contributed by atoms with van der Waals surface area (Å²) in [6.45, 7) is 4.99. The van der Waals surface area contributed by atoms with Crippen LogP contribution in [0.25, 0.3) is 0 Å². The summed E-state index contributed by atoms with van der Waals surface area (Å²) in [5.41, 5.74) is 2.00. The number of rotatable bonds is 9. The molecule has 1 fully saturated rings. The van der Waals surface area contributed by atoms with Crippen molar-refractivity contribution < 1.29 is 14.3 Å². The number of nitrogens with one attached hydrogen (secondary N) is 2. The van der Waals surface area contributed by atoms with Gasteiger partial charge < -0.3 is 15.4 Å². The van der Waals surface area contributed by atoms with Crippen molar-refractivity contribution in [2.24, 2.45) is 11.8 Å². The van der Waals surface area contributed by atoms with Crippen LogP contribution in [0.15, 0.2) is 54.6 Å². The first-order valence-electron chi connectivity index (χ1n) is 9.93. The number of carbonyl (C=O) groups is 2. The zero-order valence-electron chi connectivity index (χ0n) is 16.5. The smallest absolute Gasteiger partial charge is 0.223 e. The molecule has 0 bridgehead atoms. The number of amides is 2. The molecule has 1 saturated carbocycles. The van der Waals surface area contributed by atoms with E-state index < -0.39 is 0 Å². The number of hydrogen-bond acceptors (Lipinski definition) is 3. The Bertz CT molecular complexity index is 789. The van der Waals surface area contributed by atoms with E-state index in [4.69, 9.17) is 4.74 Å². The summed E-state index contributed by atoms with van der Waals surface area (Å²) in [7, 11) is 0. The highest BCUT2D eigenvalue weighted by Crippen LogP contribution is 2.37. The molecule has 0 heterocycles. The van der Waals surface area contributed by atoms with Crippen LogP contribution < -0.4 is 15.4 Å². The largest absolute Gasteiger partial charge is 0.494 e. The Hall–Kier alpha value is -2.82. The van der Waals surface area contributed by atoms with E-state index in [0.29, 0.717) is 19.1 Å². The molecule has 2 amide bonds. The van der Waals surface area contributed by atoms with Crippen molar-refractivity contribution >= 4 is 11.8 Å². The van der Waals surface area contributed by atoms with E-state index in [1.807, 2.05) is 61.5 Å². The Labute approximate surface area is 166 Å². The summed E-state index contributed by atoms with van der Waals surface area (Å²) in [5.74, 6) is 1.37. The average Bonchev–Trinajstić information content (AvgIpc) is 3.44. The molecule has 148 valence electrons. The first-order chi connectivity index (χ1) is 13.6. The maximum absolute atomic E-state index is 12.5. The predicted molar refractivity (Wildman–Crippen MR) is 109 cm³/mol. The molecule has 5 nitrogen and oxygen atoms in total. The van der Waals surface area contributed by atoms with Crippen LogP contribution in [0, 0.1) is 11.8 Å².